The lowest BCUT2D eigenvalue weighted by Crippen LogP contribution is -1.87. The van der Waals surface area contributed by atoms with Crippen LogP contribution in [0.3, 0.4) is 0 Å². The summed E-state index contributed by atoms with van der Waals surface area (Å²) in [6, 6.07) is 24.5. The third-order valence-electron chi connectivity index (χ3n) is 4.43. The highest BCUT2D eigenvalue weighted by atomic mass is 127. The predicted octanol–water partition coefficient (Wildman–Crippen LogP) is 6.34. The SMILES string of the molecule is Ic1cc2cccc3c4cccc5cccc(c(c1)c23)c54. The van der Waals surface area contributed by atoms with Gasteiger partial charge >= 0.3 is 0 Å². The molecule has 0 N–H and O–H groups in total. The first-order chi connectivity index (χ1) is 10.3. The van der Waals surface area contributed by atoms with E-state index < -0.39 is 0 Å². The Bertz CT molecular complexity index is 1130. The van der Waals surface area contributed by atoms with Crippen LogP contribution in [0.1, 0.15) is 0 Å². The minimum Gasteiger partial charge on any atom is -0.0610 e. The number of hydrogen-bond donors (Lipinski definition) is 0. The largest absolute Gasteiger partial charge is 0.0610 e. The number of rotatable bonds is 0. The molecule has 0 fully saturated rings. The maximum atomic E-state index is 2.42. The average molecular weight is 378 g/mol. The van der Waals surface area contributed by atoms with Crippen molar-refractivity contribution >= 4 is 65.7 Å². The first-order valence-electron chi connectivity index (χ1n) is 7.08. The second-order valence-corrected chi connectivity index (χ2v) is 6.81. The number of halogens is 1. The molecule has 0 saturated carbocycles. The van der Waals surface area contributed by atoms with Crippen molar-refractivity contribution in [3.8, 4) is 0 Å². The third kappa shape index (κ3) is 1.50. The minimum absolute atomic E-state index is 1.30. The summed E-state index contributed by atoms with van der Waals surface area (Å²) in [4.78, 5) is 0. The summed E-state index contributed by atoms with van der Waals surface area (Å²) < 4.78 is 1.30. The van der Waals surface area contributed by atoms with Crippen LogP contribution >= 0.6 is 22.6 Å². The molecular weight excluding hydrogens is 367 g/mol. The van der Waals surface area contributed by atoms with E-state index in [0.717, 1.165) is 0 Å². The first kappa shape index (κ1) is 11.8. The predicted molar refractivity (Wildman–Crippen MR) is 100 cm³/mol. The molecule has 0 atom stereocenters. The van der Waals surface area contributed by atoms with Crippen molar-refractivity contribution in [3.05, 3.63) is 70.3 Å². The second kappa shape index (κ2) is 4.08. The van der Waals surface area contributed by atoms with E-state index in [1.165, 1.54) is 46.7 Å². The van der Waals surface area contributed by atoms with Crippen LogP contribution in [0.5, 0.6) is 0 Å². The van der Waals surface area contributed by atoms with Gasteiger partial charge in [-0.05, 0) is 77.8 Å². The Labute approximate surface area is 135 Å². The van der Waals surface area contributed by atoms with E-state index in [4.69, 9.17) is 0 Å². The van der Waals surface area contributed by atoms with E-state index in [1.54, 1.807) is 0 Å². The summed E-state index contributed by atoms with van der Waals surface area (Å²) >= 11 is 2.42. The fourth-order valence-electron chi connectivity index (χ4n) is 3.62. The van der Waals surface area contributed by atoms with E-state index in [9.17, 15) is 0 Å². The van der Waals surface area contributed by atoms with Gasteiger partial charge in [-0.2, -0.15) is 0 Å². The number of fused-ring (bicyclic) bond motifs is 2. The molecule has 0 aliphatic carbocycles. The molecule has 1 heteroatoms. The van der Waals surface area contributed by atoms with E-state index in [2.05, 4.69) is 89.3 Å². The molecule has 0 heterocycles. The quantitative estimate of drug-likeness (QED) is 0.168. The van der Waals surface area contributed by atoms with Crippen LogP contribution < -0.4 is 0 Å². The van der Waals surface area contributed by atoms with Gasteiger partial charge in [-0.3, -0.25) is 0 Å². The van der Waals surface area contributed by atoms with Crippen molar-refractivity contribution in [1.29, 1.82) is 0 Å². The summed E-state index contributed by atoms with van der Waals surface area (Å²) in [6.07, 6.45) is 0. The summed E-state index contributed by atoms with van der Waals surface area (Å²) in [5.41, 5.74) is 0. The van der Waals surface area contributed by atoms with E-state index in [1.807, 2.05) is 0 Å². The van der Waals surface area contributed by atoms with E-state index in [0.29, 0.717) is 0 Å². The molecule has 0 unspecified atom stereocenters. The zero-order valence-electron chi connectivity index (χ0n) is 11.2. The molecule has 0 nitrogen and oxygen atoms in total. The molecule has 0 aliphatic rings. The number of benzene rings is 5. The van der Waals surface area contributed by atoms with Crippen LogP contribution in [0.2, 0.25) is 0 Å². The highest BCUT2D eigenvalue weighted by molar-refractivity contribution is 14.1. The second-order valence-electron chi connectivity index (χ2n) is 5.57. The van der Waals surface area contributed by atoms with Crippen molar-refractivity contribution in [2.75, 3.05) is 0 Å². The normalized spacial score (nSPS) is 12.0. The topological polar surface area (TPSA) is 0 Å². The van der Waals surface area contributed by atoms with Crippen LogP contribution in [-0.2, 0) is 0 Å². The van der Waals surface area contributed by atoms with Gasteiger partial charge in [0.2, 0.25) is 0 Å². The van der Waals surface area contributed by atoms with Crippen LogP contribution in [0.4, 0.5) is 0 Å². The van der Waals surface area contributed by atoms with Crippen molar-refractivity contribution in [2.45, 2.75) is 0 Å². The lowest BCUT2D eigenvalue weighted by molar-refractivity contribution is 1.75. The molecule has 0 aliphatic heterocycles. The summed E-state index contributed by atoms with van der Waals surface area (Å²) in [6.45, 7) is 0. The maximum absolute atomic E-state index is 2.42. The van der Waals surface area contributed by atoms with Gasteiger partial charge in [-0.15, -0.1) is 0 Å². The summed E-state index contributed by atoms with van der Waals surface area (Å²) in [5.74, 6) is 0. The fraction of sp³-hybridized carbons (Fsp3) is 0. The molecule has 5 rings (SSSR count). The molecular formula is C20H11I. The zero-order chi connectivity index (χ0) is 14.0. The molecule has 5 aromatic carbocycles. The Hall–Kier alpha value is -1.87. The molecule has 98 valence electrons. The molecule has 0 saturated heterocycles. The molecule has 0 bridgehead atoms. The van der Waals surface area contributed by atoms with Crippen molar-refractivity contribution in [2.24, 2.45) is 0 Å². The Morgan fingerprint density at radius 2 is 1.05 bits per heavy atom. The minimum atomic E-state index is 1.30. The Morgan fingerprint density at radius 3 is 1.71 bits per heavy atom. The van der Waals surface area contributed by atoms with Gasteiger partial charge in [0.1, 0.15) is 0 Å². The Balaban J connectivity index is 2.29. The van der Waals surface area contributed by atoms with Gasteiger partial charge in [0.15, 0.2) is 0 Å². The molecule has 21 heavy (non-hydrogen) atoms. The summed E-state index contributed by atoms with van der Waals surface area (Å²) in [5, 5.41) is 10.9. The lowest BCUT2D eigenvalue weighted by Gasteiger charge is -2.14. The fourth-order valence-corrected chi connectivity index (χ4v) is 4.26. The van der Waals surface area contributed by atoms with Gasteiger partial charge in [0, 0.05) is 3.57 Å². The van der Waals surface area contributed by atoms with Crippen molar-refractivity contribution < 1.29 is 0 Å². The first-order valence-corrected chi connectivity index (χ1v) is 8.15. The van der Waals surface area contributed by atoms with E-state index in [-0.39, 0.29) is 0 Å². The molecule has 0 spiro atoms. The zero-order valence-corrected chi connectivity index (χ0v) is 13.4. The van der Waals surface area contributed by atoms with Crippen LogP contribution in [0, 0.1) is 3.57 Å². The Kier molecular flexibility index (Phi) is 2.28. The lowest BCUT2D eigenvalue weighted by atomic mass is 9.90. The standard InChI is InChI=1S/C20H11I/c21-14-10-13-6-3-8-16-15-7-1-4-12-5-2-9-17(19(12)15)18(11-14)20(13)16/h1-11H. The Morgan fingerprint density at radius 1 is 0.524 bits per heavy atom. The van der Waals surface area contributed by atoms with Crippen molar-refractivity contribution in [1.82, 2.24) is 0 Å². The third-order valence-corrected chi connectivity index (χ3v) is 5.05. The number of hydrogen-bond acceptors (Lipinski definition) is 0. The monoisotopic (exact) mass is 378 g/mol. The van der Waals surface area contributed by atoms with Crippen molar-refractivity contribution in [3.63, 3.8) is 0 Å². The van der Waals surface area contributed by atoms with E-state index >= 15 is 0 Å². The molecule has 0 radical (unpaired) electrons. The van der Waals surface area contributed by atoms with Crippen LogP contribution in [0.15, 0.2) is 66.7 Å². The van der Waals surface area contributed by atoms with Gasteiger partial charge in [-0.25, -0.2) is 0 Å². The maximum Gasteiger partial charge on any atom is 0.0142 e. The molecule has 5 aromatic rings. The van der Waals surface area contributed by atoms with Gasteiger partial charge < -0.3 is 0 Å². The summed E-state index contributed by atoms with van der Waals surface area (Å²) in [7, 11) is 0. The highest BCUT2D eigenvalue weighted by Gasteiger charge is 2.12. The van der Waals surface area contributed by atoms with Crippen LogP contribution in [-0.4, -0.2) is 0 Å². The van der Waals surface area contributed by atoms with Crippen LogP contribution in [0.25, 0.3) is 43.1 Å². The molecule has 0 amide bonds. The van der Waals surface area contributed by atoms with Gasteiger partial charge in [-0.1, -0.05) is 54.6 Å². The van der Waals surface area contributed by atoms with Gasteiger partial charge in [0.05, 0.1) is 0 Å². The highest BCUT2D eigenvalue weighted by Crippen LogP contribution is 2.40. The molecule has 0 aromatic heterocycles. The van der Waals surface area contributed by atoms with Gasteiger partial charge in [0.25, 0.3) is 0 Å². The smallest absolute Gasteiger partial charge is 0.0142 e. The average Bonchev–Trinajstić information content (AvgIpc) is 2.51.